The summed E-state index contributed by atoms with van der Waals surface area (Å²) in [6, 6.07) is 7.50. The molecule has 1 aromatic heterocycles. The van der Waals surface area contributed by atoms with E-state index in [4.69, 9.17) is 9.47 Å². The molecule has 1 fully saturated rings. The second-order valence-corrected chi connectivity index (χ2v) is 8.39. The van der Waals surface area contributed by atoms with Crippen molar-refractivity contribution in [2.75, 3.05) is 32.6 Å². The molecule has 1 aliphatic carbocycles. The Hall–Kier alpha value is -2.61. The van der Waals surface area contributed by atoms with Crippen LogP contribution in [0.3, 0.4) is 0 Å². The smallest absolute Gasteiger partial charge is 0.339 e. The highest BCUT2D eigenvalue weighted by molar-refractivity contribution is 8.00. The molecule has 152 valence electrons. The lowest BCUT2D eigenvalue weighted by Gasteiger charge is -2.30. The fourth-order valence-electron chi connectivity index (χ4n) is 3.88. The average Bonchev–Trinajstić information content (AvgIpc) is 3.23. The van der Waals surface area contributed by atoms with E-state index in [1.165, 1.54) is 18.9 Å². The molecule has 29 heavy (non-hydrogen) atoms. The Bertz CT molecular complexity index is 977. The van der Waals surface area contributed by atoms with Crippen molar-refractivity contribution in [3.05, 3.63) is 41.1 Å². The number of aryl methyl sites for hydroxylation is 1. The normalized spacial score (nSPS) is 18.4. The summed E-state index contributed by atoms with van der Waals surface area (Å²) in [7, 11) is 1.34. The maximum Gasteiger partial charge on any atom is 0.339 e. The van der Waals surface area contributed by atoms with Gasteiger partial charge in [0, 0.05) is 29.9 Å². The molecule has 0 unspecified atom stereocenters. The van der Waals surface area contributed by atoms with Crippen molar-refractivity contribution < 1.29 is 23.9 Å². The molecule has 1 aromatic carbocycles. The maximum absolute atomic E-state index is 12.9. The van der Waals surface area contributed by atoms with Gasteiger partial charge in [-0.2, -0.15) is 0 Å². The van der Waals surface area contributed by atoms with Crippen LogP contribution in [0.1, 0.15) is 28.0 Å². The Labute approximate surface area is 172 Å². The zero-order valence-corrected chi connectivity index (χ0v) is 17.0. The van der Waals surface area contributed by atoms with Crippen LogP contribution in [-0.2, 0) is 31.9 Å². The van der Waals surface area contributed by atoms with Gasteiger partial charge >= 0.3 is 11.9 Å². The Morgan fingerprint density at radius 3 is 2.90 bits per heavy atom. The quantitative estimate of drug-likeness (QED) is 0.708. The predicted octanol–water partition coefficient (Wildman–Crippen LogP) is 2.00. The lowest BCUT2D eigenvalue weighted by Crippen LogP contribution is -2.46. The molecule has 2 aromatic rings. The van der Waals surface area contributed by atoms with Crippen molar-refractivity contribution in [3.63, 3.8) is 0 Å². The molecule has 4 rings (SSSR count). The molecule has 2 aliphatic rings. The molecule has 0 spiro atoms. The summed E-state index contributed by atoms with van der Waals surface area (Å²) in [6.07, 6.45) is 2.59. The number of fused-ring (bicyclic) bond motifs is 2. The summed E-state index contributed by atoms with van der Waals surface area (Å²) in [4.78, 5) is 43.5. The molecule has 2 heterocycles. The van der Waals surface area contributed by atoms with Crippen LogP contribution < -0.4 is 0 Å². The number of esters is 2. The van der Waals surface area contributed by atoms with Crippen molar-refractivity contribution in [3.8, 4) is 0 Å². The van der Waals surface area contributed by atoms with Crippen LogP contribution in [0.5, 0.6) is 0 Å². The van der Waals surface area contributed by atoms with Crippen LogP contribution in [0.2, 0.25) is 0 Å². The molecule has 7 nitrogen and oxygen atoms in total. The molecule has 1 atom stereocenters. The van der Waals surface area contributed by atoms with Crippen LogP contribution in [0.4, 0.5) is 0 Å². The molecule has 1 aliphatic heterocycles. The highest BCUT2D eigenvalue weighted by Gasteiger charge is 2.31. The van der Waals surface area contributed by atoms with Gasteiger partial charge in [-0.1, -0.05) is 18.2 Å². The number of carbonyl (C=O) groups excluding carboxylic acids is 3. The molecule has 0 saturated carbocycles. The van der Waals surface area contributed by atoms with E-state index in [2.05, 4.69) is 4.98 Å². The Balaban J connectivity index is 1.48. The topological polar surface area (TPSA) is 85.8 Å². The first-order valence-electron chi connectivity index (χ1n) is 9.63. The number of rotatable bonds is 4. The number of hydrogen-bond acceptors (Lipinski definition) is 7. The van der Waals surface area contributed by atoms with Gasteiger partial charge in [-0.3, -0.25) is 14.6 Å². The fourth-order valence-corrected chi connectivity index (χ4v) is 5.01. The van der Waals surface area contributed by atoms with Crippen LogP contribution in [-0.4, -0.2) is 65.5 Å². The van der Waals surface area contributed by atoms with Gasteiger partial charge in [-0.15, -0.1) is 11.8 Å². The molecule has 1 amide bonds. The molecular formula is C21H22N2O5S. The highest BCUT2D eigenvalue weighted by Crippen LogP contribution is 2.30. The van der Waals surface area contributed by atoms with Gasteiger partial charge in [0.05, 0.1) is 18.2 Å². The third-order valence-electron chi connectivity index (χ3n) is 5.33. The van der Waals surface area contributed by atoms with E-state index < -0.39 is 11.2 Å². The van der Waals surface area contributed by atoms with Gasteiger partial charge in [0.2, 0.25) is 0 Å². The minimum Gasteiger partial charge on any atom is -0.468 e. The van der Waals surface area contributed by atoms with Crippen molar-refractivity contribution in [2.24, 2.45) is 0 Å². The van der Waals surface area contributed by atoms with E-state index in [1.54, 1.807) is 4.90 Å². The fraction of sp³-hybridized carbons (Fsp3) is 0.429. The Kier molecular flexibility index (Phi) is 5.71. The van der Waals surface area contributed by atoms with Crippen LogP contribution in [0.25, 0.3) is 10.9 Å². The SMILES string of the molecule is COC(=O)[C@H]1CN(C(=O)COC(=O)c2c3c(nc4ccccc24)CCC3)CCS1. The van der Waals surface area contributed by atoms with Crippen LogP contribution in [0.15, 0.2) is 24.3 Å². The zero-order valence-electron chi connectivity index (χ0n) is 16.2. The monoisotopic (exact) mass is 414 g/mol. The van der Waals surface area contributed by atoms with E-state index in [0.29, 0.717) is 17.9 Å². The van der Waals surface area contributed by atoms with Gasteiger partial charge < -0.3 is 14.4 Å². The van der Waals surface area contributed by atoms with Gasteiger partial charge in [-0.05, 0) is 30.9 Å². The summed E-state index contributed by atoms with van der Waals surface area (Å²) < 4.78 is 10.2. The number of para-hydroxylation sites is 1. The number of carbonyl (C=O) groups is 3. The summed E-state index contributed by atoms with van der Waals surface area (Å²) >= 11 is 1.47. The van der Waals surface area contributed by atoms with Crippen molar-refractivity contribution in [2.45, 2.75) is 24.5 Å². The number of ether oxygens (including phenoxy) is 2. The van der Waals surface area contributed by atoms with E-state index in [0.717, 1.165) is 41.4 Å². The Morgan fingerprint density at radius 2 is 2.07 bits per heavy atom. The van der Waals surface area contributed by atoms with Crippen molar-refractivity contribution in [1.82, 2.24) is 9.88 Å². The van der Waals surface area contributed by atoms with Crippen LogP contribution >= 0.6 is 11.8 Å². The zero-order chi connectivity index (χ0) is 20.4. The number of nitrogens with zero attached hydrogens (tertiary/aromatic N) is 2. The average molecular weight is 414 g/mol. The molecule has 8 heteroatoms. The number of amides is 1. The summed E-state index contributed by atoms with van der Waals surface area (Å²) in [5.74, 6) is -0.501. The molecule has 0 bridgehead atoms. The number of hydrogen-bond donors (Lipinski definition) is 0. The lowest BCUT2D eigenvalue weighted by molar-refractivity contribution is -0.141. The Morgan fingerprint density at radius 1 is 1.24 bits per heavy atom. The minimum absolute atomic E-state index is 0.265. The predicted molar refractivity (Wildman–Crippen MR) is 109 cm³/mol. The molecule has 1 saturated heterocycles. The molecular weight excluding hydrogens is 392 g/mol. The van der Waals surface area contributed by atoms with E-state index in [-0.39, 0.29) is 25.0 Å². The van der Waals surface area contributed by atoms with E-state index in [1.807, 2.05) is 24.3 Å². The molecule has 0 radical (unpaired) electrons. The highest BCUT2D eigenvalue weighted by atomic mass is 32.2. The summed E-state index contributed by atoms with van der Waals surface area (Å²) in [6.45, 7) is 0.437. The number of thioether (sulfide) groups is 1. The van der Waals surface area contributed by atoms with Crippen LogP contribution in [0, 0.1) is 0 Å². The van der Waals surface area contributed by atoms with Gasteiger partial charge in [-0.25, -0.2) is 4.79 Å². The third-order valence-corrected chi connectivity index (χ3v) is 6.50. The lowest BCUT2D eigenvalue weighted by atomic mass is 10.0. The first kappa shape index (κ1) is 19.7. The van der Waals surface area contributed by atoms with Gasteiger partial charge in [0.1, 0.15) is 5.25 Å². The number of methoxy groups -OCH3 is 1. The largest absolute Gasteiger partial charge is 0.468 e. The van der Waals surface area contributed by atoms with Gasteiger partial charge in [0.25, 0.3) is 5.91 Å². The molecule has 0 N–H and O–H groups in total. The first-order valence-corrected chi connectivity index (χ1v) is 10.7. The first-order chi connectivity index (χ1) is 14.1. The second-order valence-electron chi connectivity index (χ2n) is 7.08. The minimum atomic E-state index is -0.494. The number of benzene rings is 1. The third kappa shape index (κ3) is 3.94. The van der Waals surface area contributed by atoms with E-state index >= 15 is 0 Å². The second kappa shape index (κ2) is 8.41. The van der Waals surface area contributed by atoms with Crippen molar-refractivity contribution in [1.29, 1.82) is 0 Å². The van der Waals surface area contributed by atoms with Crippen molar-refractivity contribution >= 4 is 40.5 Å². The maximum atomic E-state index is 12.9. The number of pyridine rings is 1. The summed E-state index contributed by atoms with van der Waals surface area (Å²) in [5.41, 5.74) is 3.16. The van der Waals surface area contributed by atoms with Gasteiger partial charge in [0.15, 0.2) is 6.61 Å². The number of aromatic nitrogens is 1. The summed E-state index contributed by atoms with van der Waals surface area (Å²) in [5, 5.41) is 0.353. The van der Waals surface area contributed by atoms with E-state index in [9.17, 15) is 14.4 Å². The standard InChI is InChI=1S/C21H22N2O5S/c1-27-20(25)17-11-23(9-10-29-17)18(24)12-28-21(26)19-13-5-2-3-7-15(13)22-16-8-4-6-14(16)19/h2-3,5,7,17H,4,6,8-12H2,1H3/t17-/m1/s1.